The summed E-state index contributed by atoms with van der Waals surface area (Å²) in [5.41, 5.74) is 5.42. The molecular weight excluding hydrogens is 369 g/mol. The number of carbonyl (C=O) groups excluding carboxylic acids is 1. The highest BCUT2D eigenvalue weighted by molar-refractivity contribution is 7.98. The standard InChI is InChI=1S/C15H17F3N6OS/c1-20-14-23-12(11(19)13(24-14)26-2)21-7-10(25)22-9-5-3-4-8(6-9)15(16,17)18/h3-6H,7,19H2,1-2H3,(H,22,25)(H2,20,21,23,24). The van der Waals surface area contributed by atoms with Crippen molar-refractivity contribution in [3.8, 4) is 0 Å². The van der Waals surface area contributed by atoms with E-state index in [-0.39, 0.29) is 23.7 Å². The van der Waals surface area contributed by atoms with Gasteiger partial charge in [0.2, 0.25) is 11.9 Å². The SMILES string of the molecule is CNc1nc(NCC(=O)Nc2cccc(C(F)(F)F)c2)c(N)c(SC)n1. The van der Waals surface area contributed by atoms with Gasteiger partial charge in [-0.2, -0.15) is 18.2 Å². The molecule has 0 atom stereocenters. The maximum atomic E-state index is 12.7. The number of aromatic nitrogens is 2. The quantitative estimate of drug-likeness (QED) is 0.447. The topological polar surface area (TPSA) is 105 Å². The maximum absolute atomic E-state index is 12.7. The number of benzene rings is 1. The summed E-state index contributed by atoms with van der Waals surface area (Å²) >= 11 is 1.32. The van der Waals surface area contributed by atoms with Crippen LogP contribution < -0.4 is 21.7 Å². The van der Waals surface area contributed by atoms with E-state index in [1.54, 1.807) is 13.3 Å². The molecule has 11 heteroatoms. The molecule has 26 heavy (non-hydrogen) atoms. The number of thioether (sulfide) groups is 1. The Morgan fingerprint density at radius 2 is 2.04 bits per heavy atom. The van der Waals surface area contributed by atoms with Crippen LogP contribution in [0.5, 0.6) is 0 Å². The number of carbonyl (C=O) groups is 1. The molecule has 0 bridgehead atoms. The number of nitrogens with one attached hydrogen (secondary N) is 3. The average Bonchev–Trinajstić information content (AvgIpc) is 2.60. The number of alkyl halides is 3. The number of nitrogens with two attached hydrogens (primary N) is 1. The molecule has 140 valence electrons. The van der Waals surface area contributed by atoms with Crippen LogP contribution in [0.1, 0.15) is 5.56 Å². The van der Waals surface area contributed by atoms with Crippen LogP contribution in [-0.4, -0.2) is 35.7 Å². The zero-order valence-corrected chi connectivity index (χ0v) is 14.8. The van der Waals surface area contributed by atoms with Crippen LogP contribution in [0.3, 0.4) is 0 Å². The van der Waals surface area contributed by atoms with Crippen molar-refractivity contribution in [3.63, 3.8) is 0 Å². The molecule has 1 amide bonds. The van der Waals surface area contributed by atoms with Crippen molar-refractivity contribution < 1.29 is 18.0 Å². The summed E-state index contributed by atoms with van der Waals surface area (Å²) in [5.74, 6) is 0.0382. The van der Waals surface area contributed by atoms with Gasteiger partial charge in [-0.05, 0) is 24.5 Å². The fraction of sp³-hybridized carbons (Fsp3) is 0.267. The number of nitrogen functional groups attached to an aromatic ring is 1. The van der Waals surface area contributed by atoms with Gasteiger partial charge in [-0.15, -0.1) is 11.8 Å². The Hall–Kier alpha value is -2.69. The molecule has 0 aliphatic rings. The third-order valence-corrected chi connectivity index (χ3v) is 3.92. The third-order valence-electron chi connectivity index (χ3n) is 3.22. The van der Waals surface area contributed by atoms with Crippen LogP contribution in [0.25, 0.3) is 0 Å². The first-order valence-electron chi connectivity index (χ1n) is 7.35. The monoisotopic (exact) mass is 386 g/mol. The van der Waals surface area contributed by atoms with Crippen molar-refractivity contribution in [2.24, 2.45) is 0 Å². The largest absolute Gasteiger partial charge is 0.416 e. The second kappa shape index (κ2) is 8.13. The Bertz CT molecular complexity index is 799. The number of amides is 1. The number of hydrogen-bond donors (Lipinski definition) is 4. The molecule has 0 fully saturated rings. The van der Waals surface area contributed by atoms with Gasteiger partial charge in [0.05, 0.1) is 12.1 Å². The molecule has 5 N–H and O–H groups in total. The summed E-state index contributed by atoms with van der Waals surface area (Å²) in [6.07, 6.45) is -2.69. The summed E-state index contributed by atoms with van der Waals surface area (Å²) in [7, 11) is 1.64. The Kier molecular flexibility index (Phi) is 6.14. The smallest absolute Gasteiger partial charge is 0.394 e. The molecule has 0 saturated heterocycles. The molecule has 7 nitrogen and oxygen atoms in total. The van der Waals surface area contributed by atoms with Crippen molar-refractivity contribution in [3.05, 3.63) is 29.8 Å². The molecule has 0 aliphatic heterocycles. The van der Waals surface area contributed by atoms with E-state index in [2.05, 4.69) is 25.9 Å². The van der Waals surface area contributed by atoms with Gasteiger partial charge in [0.25, 0.3) is 0 Å². The van der Waals surface area contributed by atoms with Crippen LogP contribution in [0.2, 0.25) is 0 Å². The van der Waals surface area contributed by atoms with Gasteiger partial charge in [-0.1, -0.05) is 6.07 Å². The average molecular weight is 386 g/mol. The van der Waals surface area contributed by atoms with E-state index in [0.29, 0.717) is 11.0 Å². The van der Waals surface area contributed by atoms with E-state index in [1.165, 1.54) is 23.9 Å². The van der Waals surface area contributed by atoms with Gasteiger partial charge in [0.15, 0.2) is 5.82 Å². The van der Waals surface area contributed by atoms with E-state index in [4.69, 9.17) is 5.73 Å². The maximum Gasteiger partial charge on any atom is 0.416 e. The van der Waals surface area contributed by atoms with E-state index in [9.17, 15) is 18.0 Å². The Balaban J connectivity index is 2.06. The molecule has 0 saturated carbocycles. The fourth-order valence-corrected chi connectivity index (χ4v) is 2.49. The Labute approximate surface area is 152 Å². The van der Waals surface area contributed by atoms with Crippen LogP contribution in [0.4, 0.5) is 36.3 Å². The molecule has 0 aliphatic carbocycles. The minimum atomic E-state index is -4.48. The predicted octanol–water partition coefficient (Wildman–Crippen LogP) is 2.89. The number of anilines is 4. The van der Waals surface area contributed by atoms with E-state index < -0.39 is 17.6 Å². The van der Waals surface area contributed by atoms with Crippen molar-refractivity contribution >= 4 is 40.8 Å². The lowest BCUT2D eigenvalue weighted by Gasteiger charge is -2.13. The van der Waals surface area contributed by atoms with Crippen LogP contribution in [0.15, 0.2) is 29.3 Å². The van der Waals surface area contributed by atoms with Crippen LogP contribution >= 0.6 is 11.8 Å². The van der Waals surface area contributed by atoms with Gasteiger partial charge in [-0.25, -0.2) is 4.98 Å². The molecule has 2 aromatic rings. The Morgan fingerprint density at radius 3 is 2.65 bits per heavy atom. The van der Waals surface area contributed by atoms with E-state index in [0.717, 1.165) is 12.1 Å². The van der Waals surface area contributed by atoms with Gasteiger partial charge < -0.3 is 21.7 Å². The molecule has 0 spiro atoms. The molecule has 2 rings (SSSR count). The lowest BCUT2D eigenvalue weighted by Crippen LogP contribution is -2.23. The van der Waals surface area contributed by atoms with Crippen molar-refractivity contribution in [2.45, 2.75) is 11.2 Å². The van der Waals surface area contributed by atoms with Crippen LogP contribution in [-0.2, 0) is 11.0 Å². The molecular formula is C15H17F3N6OS. The summed E-state index contributed by atoms with van der Waals surface area (Å²) in [6.45, 7) is -0.228. The lowest BCUT2D eigenvalue weighted by molar-refractivity contribution is -0.137. The van der Waals surface area contributed by atoms with Crippen molar-refractivity contribution in [1.29, 1.82) is 0 Å². The van der Waals surface area contributed by atoms with Crippen molar-refractivity contribution in [2.75, 3.05) is 41.5 Å². The minimum Gasteiger partial charge on any atom is -0.394 e. The highest BCUT2D eigenvalue weighted by atomic mass is 32.2. The van der Waals surface area contributed by atoms with Crippen molar-refractivity contribution in [1.82, 2.24) is 9.97 Å². The first kappa shape index (κ1) is 19.6. The zero-order valence-electron chi connectivity index (χ0n) is 13.9. The summed E-state index contributed by atoms with van der Waals surface area (Å²) in [6, 6.07) is 4.38. The van der Waals surface area contributed by atoms with Gasteiger partial charge in [-0.3, -0.25) is 4.79 Å². The molecule has 0 radical (unpaired) electrons. The van der Waals surface area contributed by atoms with Crippen LogP contribution in [0, 0.1) is 0 Å². The summed E-state index contributed by atoms with van der Waals surface area (Å²) in [4.78, 5) is 20.3. The first-order chi connectivity index (χ1) is 12.2. The molecule has 1 heterocycles. The van der Waals surface area contributed by atoms with Gasteiger partial charge in [0.1, 0.15) is 10.7 Å². The number of rotatable bonds is 6. The van der Waals surface area contributed by atoms with E-state index in [1.807, 2.05) is 0 Å². The minimum absolute atomic E-state index is 0.0444. The lowest BCUT2D eigenvalue weighted by atomic mass is 10.2. The van der Waals surface area contributed by atoms with Gasteiger partial charge in [0, 0.05) is 12.7 Å². The third kappa shape index (κ3) is 4.91. The number of halogens is 3. The highest BCUT2D eigenvalue weighted by Gasteiger charge is 2.30. The zero-order chi connectivity index (χ0) is 19.3. The summed E-state index contributed by atoms with van der Waals surface area (Å²) in [5, 5.41) is 8.47. The molecule has 1 aromatic carbocycles. The van der Waals surface area contributed by atoms with Gasteiger partial charge >= 0.3 is 6.18 Å². The highest BCUT2D eigenvalue weighted by Crippen LogP contribution is 2.31. The van der Waals surface area contributed by atoms with E-state index >= 15 is 0 Å². The second-order valence-corrected chi connectivity index (χ2v) is 5.84. The predicted molar refractivity (Wildman–Crippen MR) is 96.3 cm³/mol. The fourth-order valence-electron chi connectivity index (χ4n) is 1.99. The normalized spacial score (nSPS) is 11.1. The summed E-state index contributed by atoms with van der Waals surface area (Å²) < 4.78 is 38.1. The Morgan fingerprint density at radius 1 is 1.31 bits per heavy atom. The molecule has 0 unspecified atom stereocenters. The second-order valence-electron chi connectivity index (χ2n) is 5.05. The first-order valence-corrected chi connectivity index (χ1v) is 8.57. The number of nitrogens with zero attached hydrogens (tertiary/aromatic N) is 2. The number of hydrogen-bond acceptors (Lipinski definition) is 7. The molecule has 1 aromatic heterocycles.